The molecule has 0 radical (unpaired) electrons. The van der Waals surface area contributed by atoms with Gasteiger partial charge >= 0.3 is 0 Å². The van der Waals surface area contributed by atoms with Crippen molar-refractivity contribution < 1.29 is 9.84 Å². The predicted molar refractivity (Wildman–Crippen MR) is 90.8 cm³/mol. The van der Waals surface area contributed by atoms with E-state index in [-0.39, 0.29) is 12.1 Å². The normalized spacial score (nSPS) is 19.2. The van der Waals surface area contributed by atoms with Gasteiger partial charge in [0.1, 0.15) is 5.75 Å². The smallest absolute Gasteiger partial charge is 0.125 e. The summed E-state index contributed by atoms with van der Waals surface area (Å²) in [6, 6.07) is 3.79. The monoisotopic (exact) mass is 326 g/mol. The van der Waals surface area contributed by atoms with Crippen molar-refractivity contribution in [2.24, 2.45) is 0 Å². The van der Waals surface area contributed by atoms with Gasteiger partial charge in [0.15, 0.2) is 0 Å². The molecule has 0 saturated carbocycles. The standard InChI is InChI=1S/C17H27ClN2O2/c1-11(2)22-16-9-12(3)15(18)10-14(16)17(21)13(4)20-7-5-19-6-8-20/h9-11,13,17,19,21H,5-8H2,1-4H3. The van der Waals surface area contributed by atoms with Crippen LogP contribution in [0.3, 0.4) is 0 Å². The Balaban J connectivity index is 2.26. The fraction of sp³-hybridized carbons (Fsp3) is 0.647. The highest BCUT2D eigenvalue weighted by Gasteiger charge is 2.27. The van der Waals surface area contributed by atoms with Gasteiger partial charge in [-0.25, -0.2) is 0 Å². The van der Waals surface area contributed by atoms with Crippen molar-refractivity contribution in [1.29, 1.82) is 0 Å². The van der Waals surface area contributed by atoms with Crippen molar-refractivity contribution >= 4 is 11.6 Å². The molecule has 1 saturated heterocycles. The lowest BCUT2D eigenvalue weighted by atomic mass is 9.99. The maximum atomic E-state index is 10.8. The molecule has 1 aliphatic rings. The number of aliphatic hydroxyl groups is 1. The Kier molecular flexibility index (Phi) is 6.09. The molecule has 22 heavy (non-hydrogen) atoms. The van der Waals surface area contributed by atoms with Crippen LogP contribution in [-0.2, 0) is 0 Å². The minimum absolute atomic E-state index is 0.0235. The van der Waals surface area contributed by atoms with E-state index in [4.69, 9.17) is 16.3 Å². The molecule has 1 aromatic rings. The van der Waals surface area contributed by atoms with Crippen LogP contribution in [-0.4, -0.2) is 48.3 Å². The summed E-state index contributed by atoms with van der Waals surface area (Å²) < 4.78 is 5.89. The number of aliphatic hydroxyl groups excluding tert-OH is 1. The molecule has 4 nitrogen and oxygen atoms in total. The first-order chi connectivity index (χ1) is 10.4. The van der Waals surface area contributed by atoms with Crippen molar-refractivity contribution in [1.82, 2.24) is 10.2 Å². The topological polar surface area (TPSA) is 44.7 Å². The molecule has 1 aromatic carbocycles. The van der Waals surface area contributed by atoms with Gasteiger partial charge in [-0.3, -0.25) is 4.90 Å². The molecule has 0 aromatic heterocycles. The Bertz CT molecular complexity index is 502. The van der Waals surface area contributed by atoms with Gasteiger partial charge < -0.3 is 15.2 Å². The Hall–Kier alpha value is -0.810. The van der Waals surface area contributed by atoms with Gasteiger partial charge in [0.2, 0.25) is 0 Å². The zero-order valence-corrected chi connectivity index (χ0v) is 14.7. The van der Waals surface area contributed by atoms with Crippen LogP contribution in [0, 0.1) is 6.92 Å². The molecule has 0 aliphatic carbocycles. The average Bonchev–Trinajstić information content (AvgIpc) is 2.49. The average molecular weight is 327 g/mol. The number of hydrogen-bond acceptors (Lipinski definition) is 4. The zero-order valence-electron chi connectivity index (χ0n) is 13.9. The van der Waals surface area contributed by atoms with Crippen LogP contribution < -0.4 is 10.1 Å². The molecule has 0 bridgehead atoms. The van der Waals surface area contributed by atoms with Crippen molar-refractivity contribution in [2.75, 3.05) is 26.2 Å². The summed E-state index contributed by atoms with van der Waals surface area (Å²) in [5, 5.41) is 14.8. The molecule has 2 N–H and O–H groups in total. The van der Waals surface area contributed by atoms with Crippen molar-refractivity contribution in [3.8, 4) is 5.75 Å². The molecule has 2 atom stereocenters. The molecule has 0 amide bonds. The summed E-state index contributed by atoms with van der Waals surface area (Å²) in [6.07, 6.45) is -0.564. The summed E-state index contributed by atoms with van der Waals surface area (Å²) >= 11 is 6.27. The van der Waals surface area contributed by atoms with Crippen LogP contribution in [0.15, 0.2) is 12.1 Å². The zero-order chi connectivity index (χ0) is 16.3. The van der Waals surface area contributed by atoms with Crippen LogP contribution >= 0.6 is 11.6 Å². The molecular formula is C17H27ClN2O2. The van der Waals surface area contributed by atoms with E-state index in [1.54, 1.807) is 0 Å². The number of rotatable bonds is 5. The lowest BCUT2D eigenvalue weighted by Gasteiger charge is -2.36. The van der Waals surface area contributed by atoms with Gasteiger partial charge in [-0.2, -0.15) is 0 Å². The maximum absolute atomic E-state index is 10.8. The second kappa shape index (κ2) is 7.64. The largest absolute Gasteiger partial charge is 0.491 e. The molecule has 124 valence electrons. The molecule has 2 unspecified atom stereocenters. The molecule has 5 heteroatoms. The lowest BCUT2D eigenvalue weighted by Crippen LogP contribution is -2.49. The number of nitrogens with one attached hydrogen (secondary N) is 1. The number of aryl methyl sites for hydroxylation is 1. The van der Waals surface area contributed by atoms with E-state index in [1.807, 2.05) is 32.9 Å². The number of nitrogens with zero attached hydrogens (tertiary/aromatic N) is 1. The van der Waals surface area contributed by atoms with Crippen LogP contribution in [0.4, 0.5) is 0 Å². The summed E-state index contributed by atoms with van der Waals surface area (Å²) in [5.74, 6) is 0.728. The molecular weight excluding hydrogens is 300 g/mol. The first kappa shape index (κ1) is 17.5. The van der Waals surface area contributed by atoms with Crippen molar-refractivity contribution in [3.05, 3.63) is 28.3 Å². The van der Waals surface area contributed by atoms with Crippen molar-refractivity contribution in [2.45, 2.75) is 45.9 Å². The van der Waals surface area contributed by atoms with E-state index in [2.05, 4.69) is 17.1 Å². The third kappa shape index (κ3) is 4.13. The molecule has 1 aliphatic heterocycles. The van der Waals surface area contributed by atoms with Crippen LogP contribution in [0.5, 0.6) is 5.75 Å². The second-order valence-electron chi connectivity index (χ2n) is 6.28. The minimum Gasteiger partial charge on any atom is -0.491 e. The summed E-state index contributed by atoms with van der Waals surface area (Å²) in [5.41, 5.74) is 1.73. The van der Waals surface area contributed by atoms with E-state index in [1.165, 1.54) is 0 Å². The molecule has 1 fully saturated rings. The third-order valence-electron chi connectivity index (χ3n) is 4.16. The lowest BCUT2D eigenvalue weighted by molar-refractivity contribution is 0.0483. The first-order valence-electron chi connectivity index (χ1n) is 7.99. The van der Waals surface area contributed by atoms with Gasteiger partial charge in [0.25, 0.3) is 0 Å². The Labute approximate surface area is 138 Å². The number of benzene rings is 1. The SMILES string of the molecule is Cc1cc(OC(C)C)c(C(O)C(C)N2CCNCC2)cc1Cl. The minimum atomic E-state index is -0.620. The van der Waals surface area contributed by atoms with Crippen LogP contribution in [0.2, 0.25) is 5.02 Å². The number of piperazine rings is 1. The number of ether oxygens (including phenoxy) is 1. The Morgan fingerprint density at radius 3 is 2.45 bits per heavy atom. The number of hydrogen-bond donors (Lipinski definition) is 2. The molecule has 1 heterocycles. The fourth-order valence-electron chi connectivity index (χ4n) is 2.81. The van der Waals surface area contributed by atoms with E-state index in [9.17, 15) is 5.11 Å². The quantitative estimate of drug-likeness (QED) is 0.873. The highest BCUT2D eigenvalue weighted by molar-refractivity contribution is 6.31. The highest BCUT2D eigenvalue weighted by atomic mass is 35.5. The predicted octanol–water partition coefficient (Wildman–Crippen LogP) is 2.76. The number of halogens is 1. The van der Waals surface area contributed by atoms with Gasteiger partial charge in [0.05, 0.1) is 12.2 Å². The summed E-state index contributed by atoms with van der Waals surface area (Å²) in [4.78, 5) is 2.30. The fourth-order valence-corrected chi connectivity index (χ4v) is 2.98. The molecule has 0 spiro atoms. The van der Waals surface area contributed by atoms with E-state index >= 15 is 0 Å². The van der Waals surface area contributed by atoms with E-state index in [0.717, 1.165) is 43.1 Å². The maximum Gasteiger partial charge on any atom is 0.125 e. The molecule has 2 rings (SSSR count). The summed E-state index contributed by atoms with van der Waals surface area (Å²) in [6.45, 7) is 11.8. The third-order valence-corrected chi connectivity index (χ3v) is 4.56. The second-order valence-corrected chi connectivity index (χ2v) is 6.68. The van der Waals surface area contributed by atoms with Crippen LogP contribution in [0.25, 0.3) is 0 Å². The van der Waals surface area contributed by atoms with Crippen LogP contribution in [0.1, 0.15) is 38.0 Å². The highest BCUT2D eigenvalue weighted by Crippen LogP contribution is 2.34. The van der Waals surface area contributed by atoms with Crippen molar-refractivity contribution in [3.63, 3.8) is 0 Å². The van der Waals surface area contributed by atoms with Gasteiger partial charge in [-0.05, 0) is 45.4 Å². The van der Waals surface area contributed by atoms with E-state index in [0.29, 0.717) is 5.02 Å². The van der Waals surface area contributed by atoms with Gasteiger partial charge in [-0.15, -0.1) is 0 Å². The summed E-state index contributed by atoms with van der Waals surface area (Å²) in [7, 11) is 0. The Morgan fingerprint density at radius 2 is 1.86 bits per heavy atom. The Morgan fingerprint density at radius 1 is 1.23 bits per heavy atom. The van der Waals surface area contributed by atoms with Gasteiger partial charge in [-0.1, -0.05) is 11.6 Å². The van der Waals surface area contributed by atoms with Gasteiger partial charge in [0, 0.05) is 42.8 Å². The van der Waals surface area contributed by atoms with E-state index < -0.39 is 6.10 Å². The first-order valence-corrected chi connectivity index (χ1v) is 8.37.